The van der Waals surface area contributed by atoms with Crippen LogP contribution in [-0.2, 0) is 4.79 Å². The van der Waals surface area contributed by atoms with Crippen LogP contribution in [0.4, 0.5) is 0 Å². The summed E-state index contributed by atoms with van der Waals surface area (Å²) in [4.78, 5) is 19.0. The second-order valence-corrected chi connectivity index (χ2v) is 2.84. The van der Waals surface area contributed by atoms with Crippen molar-refractivity contribution in [1.29, 1.82) is 0 Å². The van der Waals surface area contributed by atoms with Gasteiger partial charge < -0.3 is 10.1 Å². The van der Waals surface area contributed by atoms with Crippen molar-refractivity contribution in [3.63, 3.8) is 0 Å². The first-order valence-electron chi connectivity index (χ1n) is 4.29. The van der Waals surface area contributed by atoms with E-state index < -0.39 is 0 Å². The minimum absolute atomic E-state index is 0.0891. The first kappa shape index (κ1) is 9.04. The summed E-state index contributed by atoms with van der Waals surface area (Å²) in [5, 5.41) is 5.92. The molecule has 14 heavy (non-hydrogen) atoms. The maximum Gasteiger partial charge on any atom is 0.332 e. The van der Waals surface area contributed by atoms with Gasteiger partial charge in [0, 0.05) is 25.6 Å². The highest BCUT2D eigenvalue weighted by Crippen LogP contribution is 2.00. The molecule has 0 bridgehead atoms. The van der Waals surface area contributed by atoms with Gasteiger partial charge in [-0.3, -0.25) is 5.32 Å². The van der Waals surface area contributed by atoms with Crippen LogP contribution >= 0.6 is 0 Å². The zero-order valence-electron chi connectivity index (χ0n) is 7.43. The summed E-state index contributed by atoms with van der Waals surface area (Å²) in [7, 11) is 0. The van der Waals surface area contributed by atoms with Gasteiger partial charge in [-0.15, -0.1) is 0 Å². The summed E-state index contributed by atoms with van der Waals surface area (Å²) in [5.41, 5.74) is 0. The van der Waals surface area contributed by atoms with E-state index in [0.29, 0.717) is 13.2 Å². The topological polar surface area (TPSA) is 76.1 Å². The molecule has 1 fully saturated rings. The van der Waals surface area contributed by atoms with E-state index in [4.69, 9.17) is 4.74 Å². The Hall–Kier alpha value is -1.53. The number of carbonyl (C=O) groups excluding carboxylic acids is 1. The van der Waals surface area contributed by atoms with Gasteiger partial charge in [0.1, 0.15) is 6.04 Å². The molecule has 1 aromatic rings. The Morgan fingerprint density at radius 3 is 2.93 bits per heavy atom. The third kappa shape index (κ3) is 2.04. The molecule has 1 atom stereocenters. The Bertz CT molecular complexity index is 310. The SMILES string of the molecule is O=C(Oc1ncccn1)C1CNCN1. The van der Waals surface area contributed by atoms with Gasteiger partial charge in [0.15, 0.2) is 0 Å². The van der Waals surface area contributed by atoms with E-state index in [0.717, 1.165) is 0 Å². The molecule has 1 saturated heterocycles. The second kappa shape index (κ2) is 4.12. The smallest absolute Gasteiger partial charge is 0.332 e. The number of esters is 1. The lowest BCUT2D eigenvalue weighted by atomic mass is 10.3. The van der Waals surface area contributed by atoms with Crippen molar-refractivity contribution in [2.24, 2.45) is 0 Å². The van der Waals surface area contributed by atoms with E-state index in [-0.39, 0.29) is 18.0 Å². The van der Waals surface area contributed by atoms with Gasteiger partial charge in [-0.25, -0.2) is 14.8 Å². The molecule has 0 saturated carbocycles. The van der Waals surface area contributed by atoms with Crippen molar-refractivity contribution in [2.45, 2.75) is 6.04 Å². The Kier molecular flexibility index (Phi) is 2.66. The van der Waals surface area contributed by atoms with Crippen LogP contribution in [0.25, 0.3) is 0 Å². The summed E-state index contributed by atoms with van der Waals surface area (Å²) in [6.07, 6.45) is 3.05. The predicted octanol–water partition coefficient (Wildman–Crippen LogP) is -1.10. The van der Waals surface area contributed by atoms with Gasteiger partial charge in [0.05, 0.1) is 0 Å². The molecule has 1 aromatic heterocycles. The lowest BCUT2D eigenvalue weighted by Gasteiger charge is -2.06. The molecular formula is C8H10N4O2. The molecule has 0 spiro atoms. The number of rotatable bonds is 2. The van der Waals surface area contributed by atoms with Gasteiger partial charge in [0.25, 0.3) is 0 Å². The van der Waals surface area contributed by atoms with Crippen molar-refractivity contribution >= 4 is 5.97 Å². The summed E-state index contributed by atoms with van der Waals surface area (Å²) in [5.74, 6) is -0.360. The Labute approximate surface area is 80.7 Å². The van der Waals surface area contributed by atoms with Crippen molar-refractivity contribution in [2.75, 3.05) is 13.2 Å². The minimum Gasteiger partial charge on any atom is -0.390 e. The molecule has 0 aromatic carbocycles. The first-order chi connectivity index (χ1) is 6.86. The molecule has 2 N–H and O–H groups in total. The Morgan fingerprint density at radius 2 is 2.29 bits per heavy atom. The number of nitrogens with one attached hydrogen (secondary N) is 2. The number of carbonyl (C=O) groups is 1. The zero-order chi connectivity index (χ0) is 9.80. The van der Waals surface area contributed by atoms with Crippen LogP contribution in [0, 0.1) is 0 Å². The molecule has 1 aliphatic rings. The van der Waals surface area contributed by atoms with Gasteiger partial charge in [0.2, 0.25) is 0 Å². The molecule has 2 heterocycles. The van der Waals surface area contributed by atoms with E-state index in [1.165, 1.54) is 12.4 Å². The Balaban J connectivity index is 1.94. The van der Waals surface area contributed by atoms with Crippen LogP contribution in [0.3, 0.4) is 0 Å². The fourth-order valence-electron chi connectivity index (χ4n) is 1.15. The summed E-state index contributed by atoms with van der Waals surface area (Å²) in [6, 6.07) is 1.44. The molecule has 2 rings (SSSR count). The highest BCUT2D eigenvalue weighted by Gasteiger charge is 2.24. The van der Waals surface area contributed by atoms with Gasteiger partial charge in [-0.2, -0.15) is 0 Å². The maximum atomic E-state index is 11.4. The van der Waals surface area contributed by atoms with E-state index in [9.17, 15) is 4.79 Å². The van der Waals surface area contributed by atoms with Crippen molar-refractivity contribution in [3.05, 3.63) is 18.5 Å². The Morgan fingerprint density at radius 1 is 1.50 bits per heavy atom. The molecular weight excluding hydrogens is 184 g/mol. The number of ether oxygens (including phenoxy) is 1. The highest BCUT2D eigenvalue weighted by molar-refractivity contribution is 5.78. The molecule has 0 amide bonds. The zero-order valence-corrected chi connectivity index (χ0v) is 7.43. The minimum atomic E-state index is -0.360. The van der Waals surface area contributed by atoms with Gasteiger partial charge >= 0.3 is 12.0 Å². The van der Waals surface area contributed by atoms with Gasteiger partial charge in [-0.05, 0) is 6.07 Å². The fourth-order valence-corrected chi connectivity index (χ4v) is 1.15. The summed E-state index contributed by atoms with van der Waals surface area (Å²) in [6.45, 7) is 1.20. The number of hydrogen-bond donors (Lipinski definition) is 2. The molecule has 6 nitrogen and oxygen atoms in total. The summed E-state index contributed by atoms with van der Waals surface area (Å²) < 4.78 is 4.93. The standard InChI is InChI=1S/C8H10N4O2/c13-7(6-4-9-5-12-6)14-8-10-2-1-3-11-8/h1-3,6,9,12H,4-5H2. The third-order valence-electron chi connectivity index (χ3n) is 1.84. The normalized spacial score (nSPS) is 20.7. The number of hydrogen-bond acceptors (Lipinski definition) is 6. The molecule has 1 unspecified atom stereocenters. The van der Waals surface area contributed by atoms with Crippen molar-refractivity contribution in [3.8, 4) is 6.01 Å². The van der Waals surface area contributed by atoms with Crippen LogP contribution in [0.15, 0.2) is 18.5 Å². The first-order valence-corrected chi connectivity index (χ1v) is 4.29. The molecule has 1 aliphatic heterocycles. The largest absolute Gasteiger partial charge is 0.390 e. The van der Waals surface area contributed by atoms with Crippen LogP contribution in [0.2, 0.25) is 0 Å². The van der Waals surface area contributed by atoms with Crippen LogP contribution in [0.5, 0.6) is 6.01 Å². The highest BCUT2D eigenvalue weighted by atomic mass is 16.5. The average molecular weight is 194 g/mol. The van der Waals surface area contributed by atoms with E-state index in [2.05, 4.69) is 20.6 Å². The molecule has 74 valence electrons. The average Bonchev–Trinajstić information content (AvgIpc) is 2.72. The number of aromatic nitrogens is 2. The number of nitrogens with zero attached hydrogens (tertiary/aromatic N) is 2. The second-order valence-electron chi connectivity index (χ2n) is 2.84. The quantitative estimate of drug-likeness (QED) is 0.582. The predicted molar refractivity (Wildman–Crippen MR) is 47.5 cm³/mol. The van der Waals surface area contributed by atoms with Crippen molar-refractivity contribution < 1.29 is 9.53 Å². The van der Waals surface area contributed by atoms with Gasteiger partial charge in [-0.1, -0.05) is 0 Å². The lowest BCUT2D eigenvalue weighted by Crippen LogP contribution is -2.36. The molecule has 0 aliphatic carbocycles. The van der Waals surface area contributed by atoms with Crippen LogP contribution in [0.1, 0.15) is 0 Å². The van der Waals surface area contributed by atoms with E-state index in [1.54, 1.807) is 6.07 Å². The lowest BCUT2D eigenvalue weighted by molar-refractivity contribution is -0.136. The van der Waals surface area contributed by atoms with Crippen LogP contribution < -0.4 is 15.4 Å². The van der Waals surface area contributed by atoms with Crippen molar-refractivity contribution in [1.82, 2.24) is 20.6 Å². The van der Waals surface area contributed by atoms with Crippen LogP contribution in [-0.4, -0.2) is 35.2 Å². The maximum absolute atomic E-state index is 11.4. The van der Waals surface area contributed by atoms with E-state index in [1.807, 2.05) is 0 Å². The molecule has 0 radical (unpaired) electrons. The monoisotopic (exact) mass is 194 g/mol. The third-order valence-corrected chi connectivity index (χ3v) is 1.84. The van der Waals surface area contributed by atoms with E-state index >= 15 is 0 Å². The fraction of sp³-hybridized carbons (Fsp3) is 0.375. The molecule has 6 heteroatoms. The summed E-state index contributed by atoms with van der Waals surface area (Å²) >= 11 is 0.